The molecule has 1 atom stereocenters. The fourth-order valence-electron chi connectivity index (χ4n) is 2.57. The summed E-state index contributed by atoms with van der Waals surface area (Å²) in [5.74, 6) is -2.61. The number of hydrogen-bond acceptors (Lipinski definition) is 3. The third kappa shape index (κ3) is 3.85. The van der Waals surface area contributed by atoms with Crippen LogP contribution in [0.25, 0.3) is 0 Å². The average Bonchev–Trinajstić information content (AvgIpc) is 2.53. The Morgan fingerprint density at radius 3 is 2.68 bits per heavy atom. The lowest BCUT2D eigenvalue weighted by Gasteiger charge is -2.33. The van der Waals surface area contributed by atoms with Gasteiger partial charge in [0.25, 0.3) is 0 Å². The van der Waals surface area contributed by atoms with Crippen molar-refractivity contribution in [2.45, 2.75) is 23.1 Å². The van der Waals surface area contributed by atoms with E-state index in [9.17, 15) is 18.4 Å². The number of carbonyl (C=O) groups is 2. The molecule has 8 heteroatoms. The van der Waals surface area contributed by atoms with E-state index in [-0.39, 0.29) is 18.5 Å². The molecule has 2 aromatic carbocycles. The van der Waals surface area contributed by atoms with E-state index in [2.05, 4.69) is 15.9 Å². The molecule has 1 amide bonds. The highest BCUT2D eigenvalue weighted by Crippen LogP contribution is 2.41. The Hall–Kier alpha value is -1.93. The van der Waals surface area contributed by atoms with Gasteiger partial charge >= 0.3 is 5.97 Å². The second kappa shape index (κ2) is 7.13. The Kier molecular flexibility index (Phi) is 5.10. The predicted molar refractivity (Wildman–Crippen MR) is 93.6 cm³/mol. The van der Waals surface area contributed by atoms with Crippen LogP contribution in [-0.2, 0) is 16.1 Å². The van der Waals surface area contributed by atoms with Gasteiger partial charge in [0.15, 0.2) is 0 Å². The van der Waals surface area contributed by atoms with E-state index >= 15 is 0 Å². The molecule has 0 aromatic heterocycles. The highest BCUT2D eigenvalue weighted by molar-refractivity contribution is 9.10. The molecule has 0 saturated carbocycles. The summed E-state index contributed by atoms with van der Waals surface area (Å²) < 4.78 is 28.4. The number of hydrogen-bond donors (Lipinski definition) is 1. The van der Waals surface area contributed by atoms with Gasteiger partial charge in [-0.1, -0.05) is 22.0 Å². The molecule has 25 heavy (non-hydrogen) atoms. The third-order valence-corrected chi connectivity index (χ3v) is 5.47. The number of fused-ring (bicyclic) bond motifs is 1. The lowest BCUT2D eigenvalue weighted by Crippen LogP contribution is -2.41. The van der Waals surface area contributed by atoms with Gasteiger partial charge < -0.3 is 10.0 Å². The highest BCUT2D eigenvalue weighted by atomic mass is 79.9. The van der Waals surface area contributed by atoms with Crippen molar-refractivity contribution < 1.29 is 23.5 Å². The molecular weight excluding hydrogens is 416 g/mol. The summed E-state index contributed by atoms with van der Waals surface area (Å²) in [6.45, 7) is -0.106. The molecule has 3 rings (SSSR count). The maximum Gasteiger partial charge on any atom is 0.305 e. The van der Waals surface area contributed by atoms with Crippen molar-refractivity contribution in [3.05, 3.63) is 58.1 Å². The van der Waals surface area contributed by atoms with E-state index in [4.69, 9.17) is 5.11 Å². The topological polar surface area (TPSA) is 57.6 Å². The maximum absolute atomic E-state index is 14.2. The Morgan fingerprint density at radius 2 is 2.00 bits per heavy atom. The summed E-state index contributed by atoms with van der Waals surface area (Å²) in [5.41, 5.74) is 0.576. The van der Waals surface area contributed by atoms with Gasteiger partial charge in [-0.25, -0.2) is 8.78 Å². The number of rotatable bonds is 4. The predicted octanol–water partition coefficient (Wildman–Crippen LogP) is 4.21. The van der Waals surface area contributed by atoms with Crippen molar-refractivity contribution in [2.75, 3.05) is 4.90 Å². The first-order chi connectivity index (χ1) is 11.8. The van der Waals surface area contributed by atoms with Crippen LogP contribution in [0.2, 0.25) is 0 Å². The van der Waals surface area contributed by atoms with Crippen LogP contribution in [0.5, 0.6) is 0 Å². The summed E-state index contributed by atoms with van der Waals surface area (Å²) >= 11 is 4.25. The van der Waals surface area contributed by atoms with Crippen LogP contribution >= 0.6 is 27.7 Å². The smallest absolute Gasteiger partial charge is 0.305 e. The Morgan fingerprint density at radius 1 is 1.24 bits per heavy atom. The molecule has 0 radical (unpaired) electrons. The zero-order valence-corrected chi connectivity index (χ0v) is 15.1. The second-order valence-corrected chi connectivity index (χ2v) is 7.64. The number of aliphatic carboxylic acids is 1. The quantitative estimate of drug-likeness (QED) is 0.793. The largest absolute Gasteiger partial charge is 0.481 e. The molecule has 2 aromatic rings. The number of carboxylic acids is 1. The molecule has 130 valence electrons. The zero-order valence-electron chi connectivity index (χ0n) is 12.7. The maximum atomic E-state index is 14.2. The molecule has 1 N–H and O–H groups in total. The Labute approximate surface area is 155 Å². The van der Waals surface area contributed by atoms with Gasteiger partial charge in [0.05, 0.1) is 23.9 Å². The van der Waals surface area contributed by atoms with Gasteiger partial charge in [-0.15, -0.1) is 11.8 Å². The first-order valence-corrected chi connectivity index (χ1v) is 8.95. The number of carboxylic acid groups (broad SMARTS) is 1. The van der Waals surface area contributed by atoms with E-state index in [1.54, 1.807) is 6.07 Å². The van der Waals surface area contributed by atoms with Gasteiger partial charge in [-0.3, -0.25) is 9.59 Å². The molecule has 4 nitrogen and oxygen atoms in total. The standard InChI is InChI=1S/C17H12BrF2NO3S/c18-10-2-1-9(12(20)5-10)8-21-13-6-11(19)3-4-14(13)25-15(17(21)24)7-16(22)23/h1-6,15H,7-8H2,(H,22,23). The van der Waals surface area contributed by atoms with E-state index in [0.29, 0.717) is 15.1 Å². The van der Waals surface area contributed by atoms with Crippen molar-refractivity contribution >= 4 is 45.3 Å². The minimum absolute atomic E-state index is 0.106. The molecule has 0 fully saturated rings. The molecular formula is C17H12BrF2NO3S. The minimum atomic E-state index is -1.11. The van der Waals surface area contributed by atoms with Crippen LogP contribution < -0.4 is 4.90 Å². The molecule has 0 saturated heterocycles. The van der Waals surface area contributed by atoms with Crippen molar-refractivity contribution in [3.8, 4) is 0 Å². The van der Waals surface area contributed by atoms with Crippen LogP contribution in [0, 0.1) is 11.6 Å². The molecule has 1 aliphatic heterocycles. The van der Waals surface area contributed by atoms with Crippen molar-refractivity contribution in [1.29, 1.82) is 0 Å². The number of carbonyl (C=O) groups excluding carboxylic acids is 1. The van der Waals surface area contributed by atoms with Crippen LogP contribution in [0.1, 0.15) is 12.0 Å². The lowest BCUT2D eigenvalue weighted by atomic mass is 10.1. The number of anilines is 1. The second-order valence-electron chi connectivity index (χ2n) is 5.48. The Balaban J connectivity index is 2.01. The molecule has 1 heterocycles. The normalized spacial score (nSPS) is 16.7. The number of nitrogens with zero attached hydrogens (tertiary/aromatic N) is 1. The van der Waals surface area contributed by atoms with Crippen LogP contribution in [0.15, 0.2) is 45.8 Å². The van der Waals surface area contributed by atoms with Crippen molar-refractivity contribution in [2.24, 2.45) is 0 Å². The number of halogens is 3. The SMILES string of the molecule is O=C(O)CC1Sc2ccc(F)cc2N(Cc2ccc(Br)cc2F)C1=O. The molecule has 0 spiro atoms. The van der Waals surface area contributed by atoms with Gasteiger partial charge in [0.1, 0.15) is 11.6 Å². The summed E-state index contributed by atoms with van der Waals surface area (Å²) in [7, 11) is 0. The van der Waals surface area contributed by atoms with E-state index in [1.807, 2.05) is 0 Å². The molecule has 1 aliphatic rings. The summed E-state index contributed by atoms with van der Waals surface area (Å²) in [4.78, 5) is 25.6. The monoisotopic (exact) mass is 427 g/mol. The first-order valence-electron chi connectivity index (χ1n) is 7.28. The summed E-state index contributed by atoms with van der Waals surface area (Å²) in [6.07, 6.45) is -0.361. The van der Waals surface area contributed by atoms with E-state index in [0.717, 1.165) is 11.8 Å². The average molecular weight is 428 g/mol. The van der Waals surface area contributed by atoms with Gasteiger partial charge in [0.2, 0.25) is 5.91 Å². The van der Waals surface area contributed by atoms with E-state index < -0.39 is 28.8 Å². The third-order valence-electron chi connectivity index (χ3n) is 3.73. The fourth-order valence-corrected chi connectivity index (χ4v) is 4.10. The minimum Gasteiger partial charge on any atom is -0.481 e. The van der Waals surface area contributed by atoms with Crippen LogP contribution in [0.4, 0.5) is 14.5 Å². The number of thioether (sulfide) groups is 1. The highest BCUT2D eigenvalue weighted by Gasteiger charge is 2.35. The molecule has 0 aliphatic carbocycles. The van der Waals surface area contributed by atoms with Gasteiger partial charge in [-0.05, 0) is 30.3 Å². The van der Waals surface area contributed by atoms with Gasteiger partial charge in [-0.2, -0.15) is 0 Å². The van der Waals surface area contributed by atoms with E-state index in [1.165, 1.54) is 35.2 Å². The van der Waals surface area contributed by atoms with Gasteiger partial charge in [0, 0.05) is 14.9 Å². The molecule has 1 unspecified atom stereocenters. The molecule has 0 bridgehead atoms. The summed E-state index contributed by atoms with van der Waals surface area (Å²) in [5, 5.41) is 8.18. The summed E-state index contributed by atoms with van der Waals surface area (Å²) in [6, 6.07) is 8.40. The first kappa shape index (κ1) is 17.9. The number of amides is 1. The van der Waals surface area contributed by atoms with Crippen LogP contribution in [-0.4, -0.2) is 22.2 Å². The zero-order chi connectivity index (χ0) is 18.1. The fraction of sp³-hybridized carbons (Fsp3) is 0.176. The van der Waals surface area contributed by atoms with Crippen molar-refractivity contribution in [1.82, 2.24) is 0 Å². The Bertz CT molecular complexity index is 862. The van der Waals surface area contributed by atoms with Crippen molar-refractivity contribution in [3.63, 3.8) is 0 Å². The van der Waals surface area contributed by atoms with Crippen LogP contribution in [0.3, 0.4) is 0 Å². The lowest BCUT2D eigenvalue weighted by molar-refractivity contribution is -0.138. The number of benzene rings is 2.